The van der Waals surface area contributed by atoms with Crippen molar-refractivity contribution in [3.63, 3.8) is 0 Å². The fourth-order valence-corrected chi connectivity index (χ4v) is 5.12. The standard InChI is InChI=1S/C25H20F4N4O4/c26-12-7-11(25(27,28)29)8-13(9-12)31-24(35)33-21-20-16-10-14(1-3-17(16)37-22(20)21)36-18-5-6-30-23-15(18)2-4-19(34)32-23/h1,3,5-9,16,20-22H,2,4,10H2,(H,30,32,34)(H2,31,33,35). The Balaban J connectivity index is 1.08. The number of carbonyl (C=O) groups excluding carboxylic acids is 2. The normalized spacial score (nSPS) is 25.4. The van der Waals surface area contributed by atoms with Crippen molar-refractivity contribution in [2.75, 3.05) is 10.6 Å². The highest BCUT2D eigenvalue weighted by atomic mass is 19.4. The first-order chi connectivity index (χ1) is 17.7. The van der Waals surface area contributed by atoms with E-state index < -0.39 is 23.6 Å². The van der Waals surface area contributed by atoms with Crippen LogP contribution in [0.5, 0.6) is 5.75 Å². The lowest BCUT2D eigenvalue weighted by molar-refractivity contribution is -0.137. The second-order valence-electron chi connectivity index (χ2n) is 9.31. The Hall–Kier alpha value is -4.09. The van der Waals surface area contributed by atoms with Crippen LogP contribution in [-0.2, 0) is 22.1 Å². The molecule has 1 aromatic carbocycles. The van der Waals surface area contributed by atoms with Crippen LogP contribution in [0.15, 0.2) is 54.1 Å². The predicted octanol–water partition coefficient (Wildman–Crippen LogP) is 4.51. The van der Waals surface area contributed by atoms with Gasteiger partial charge in [0, 0.05) is 42.1 Å². The van der Waals surface area contributed by atoms with Gasteiger partial charge in [0.25, 0.3) is 0 Å². The van der Waals surface area contributed by atoms with E-state index in [4.69, 9.17) is 9.47 Å². The molecule has 37 heavy (non-hydrogen) atoms. The number of pyridine rings is 1. The predicted molar refractivity (Wildman–Crippen MR) is 122 cm³/mol. The molecule has 4 atom stereocenters. The van der Waals surface area contributed by atoms with Gasteiger partial charge in [0.2, 0.25) is 5.91 Å². The molecule has 3 heterocycles. The molecule has 12 heteroatoms. The minimum Gasteiger partial charge on any atom is -0.492 e. The van der Waals surface area contributed by atoms with Crippen LogP contribution in [0, 0.1) is 17.7 Å². The molecule has 1 saturated heterocycles. The molecule has 2 aliphatic heterocycles. The van der Waals surface area contributed by atoms with Gasteiger partial charge in [0.05, 0.1) is 11.6 Å². The van der Waals surface area contributed by atoms with Crippen molar-refractivity contribution >= 4 is 23.4 Å². The van der Waals surface area contributed by atoms with E-state index in [1.54, 1.807) is 12.3 Å². The molecule has 0 spiro atoms. The van der Waals surface area contributed by atoms with Crippen LogP contribution in [0.4, 0.5) is 33.9 Å². The summed E-state index contributed by atoms with van der Waals surface area (Å²) in [5, 5.41) is 7.72. The number of urea groups is 1. The molecule has 192 valence electrons. The summed E-state index contributed by atoms with van der Waals surface area (Å²) in [4.78, 5) is 28.3. The molecule has 6 rings (SSSR count). The number of rotatable bonds is 4. The second kappa shape index (κ2) is 8.49. The number of ether oxygens (including phenoxy) is 2. The van der Waals surface area contributed by atoms with Gasteiger partial charge in [-0.15, -0.1) is 0 Å². The first kappa shape index (κ1) is 23.3. The summed E-state index contributed by atoms with van der Waals surface area (Å²) >= 11 is 0. The van der Waals surface area contributed by atoms with Crippen LogP contribution in [-0.4, -0.2) is 29.1 Å². The zero-order valence-corrected chi connectivity index (χ0v) is 19.1. The van der Waals surface area contributed by atoms with Gasteiger partial charge in [-0.2, -0.15) is 13.2 Å². The van der Waals surface area contributed by atoms with Crippen molar-refractivity contribution < 1.29 is 36.6 Å². The molecular weight excluding hydrogens is 496 g/mol. The van der Waals surface area contributed by atoms with Crippen molar-refractivity contribution in [2.24, 2.45) is 11.8 Å². The molecule has 3 N–H and O–H groups in total. The average Bonchev–Trinajstić information content (AvgIpc) is 3.34. The number of anilines is 2. The van der Waals surface area contributed by atoms with Gasteiger partial charge < -0.3 is 25.4 Å². The number of nitrogens with one attached hydrogen (secondary N) is 3. The summed E-state index contributed by atoms with van der Waals surface area (Å²) in [6.07, 6.45) is 1.60. The summed E-state index contributed by atoms with van der Waals surface area (Å²) in [6, 6.07) is 2.50. The summed E-state index contributed by atoms with van der Waals surface area (Å²) < 4.78 is 64.5. The number of aromatic nitrogens is 1. The van der Waals surface area contributed by atoms with Crippen LogP contribution in [0.3, 0.4) is 0 Å². The van der Waals surface area contributed by atoms with E-state index in [-0.39, 0.29) is 35.6 Å². The maximum absolute atomic E-state index is 13.6. The van der Waals surface area contributed by atoms with Crippen molar-refractivity contribution in [1.29, 1.82) is 0 Å². The van der Waals surface area contributed by atoms with Crippen molar-refractivity contribution in [2.45, 2.75) is 37.6 Å². The Labute approximate surface area is 207 Å². The third-order valence-corrected chi connectivity index (χ3v) is 6.86. The molecule has 0 radical (unpaired) electrons. The topological polar surface area (TPSA) is 102 Å². The molecule has 1 aromatic heterocycles. The maximum Gasteiger partial charge on any atom is 0.416 e. The number of alkyl halides is 3. The van der Waals surface area contributed by atoms with Crippen LogP contribution in [0.1, 0.15) is 24.0 Å². The number of fused-ring (bicyclic) bond motifs is 4. The summed E-state index contributed by atoms with van der Waals surface area (Å²) in [5.74, 6) is 1.30. The van der Waals surface area contributed by atoms with E-state index in [0.29, 0.717) is 48.7 Å². The summed E-state index contributed by atoms with van der Waals surface area (Å²) in [7, 11) is 0. The van der Waals surface area contributed by atoms with Crippen molar-refractivity contribution in [3.8, 4) is 5.75 Å². The minimum atomic E-state index is -4.74. The minimum absolute atomic E-state index is 0.0341. The molecule has 1 saturated carbocycles. The highest BCUT2D eigenvalue weighted by molar-refractivity contribution is 5.93. The molecule has 2 aliphatic carbocycles. The van der Waals surface area contributed by atoms with Crippen LogP contribution < -0.4 is 20.7 Å². The quantitative estimate of drug-likeness (QED) is 0.520. The fraction of sp³-hybridized carbons (Fsp3) is 0.320. The van der Waals surface area contributed by atoms with E-state index in [0.717, 1.165) is 17.4 Å². The number of benzene rings is 1. The molecule has 2 aromatic rings. The number of halogens is 4. The average molecular weight is 516 g/mol. The lowest BCUT2D eigenvalue weighted by atomic mass is 9.93. The van der Waals surface area contributed by atoms with Gasteiger partial charge in [-0.1, -0.05) is 0 Å². The smallest absolute Gasteiger partial charge is 0.416 e. The second-order valence-corrected chi connectivity index (χ2v) is 9.31. The fourth-order valence-electron chi connectivity index (χ4n) is 5.12. The lowest BCUT2D eigenvalue weighted by Gasteiger charge is -2.24. The van der Waals surface area contributed by atoms with Gasteiger partial charge in [-0.25, -0.2) is 14.2 Å². The lowest BCUT2D eigenvalue weighted by Crippen LogP contribution is -2.35. The molecule has 4 unspecified atom stereocenters. The summed E-state index contributed by atoms with van der Waals surface area (Å²) in [6.45, 7) is 0. The van der Waals surface area contributed by atoms with Gasteiger partial charge in [-0.05, 0) is 42.8 Å². The highest BCUT2D eigenvalue weighted by Gasteiger charge is 2.64. The SMILES string of the molecule is O=C1CCc2c(OC3=CC=C4OC5C(NC(=O)Nc6cc(F)cc(C(F)(F)F)c6)C5C4C3)ccnc2N1. The Morgan fingerprint density at radius 2 is 2.03 bits per heavy atom. The van der Waals surface area contributed by atoms with E-state index in [2.05, 4.69) is 20.9 Å². The summed E-state index contributed by atoms with van der Waals surface area (Å²) in [5.41, 5.74) is -0.666. The number of allylic oxidation sites excluding steroid dienone is 4. The molecule has 3 amide bonds. The number of amides is 3. The van der Waals surface area contributed by atoms with Crippen LogP contribution >= 0.6 is 0 Å². The third-order valence-electron chi connectivity index (χ3n) is 6.86. The number of hydrogen-bond donors (Lipinski definition) is 3. The van der Waals surface area contributed by atoms with Gasteiger partial charge in [0.1, 0.15) is 35.0 Å². The van der Waals surface area contributed by atoms with Crippen molar-refractivity contribution in [3.05, 3.63) is 71.1 Å². The third kappa shape index (κ3) is 4.47. The molecular formula is C25H20F4N4O4. The Kier molecular flexibility index (Phi) is 5.35. The number of nitrogens with zero attached hydrogens (tertiary/aromatic N) is 1. The molecule has 0 bridgehead atoms. The Morgan fingerprint density at radius 1 is 1.19 bits per heavy atom. The first-order valence-electron chi connectivity index (χ1n) is 11.6. The highest BCUT2D eigenvalue weighted by Crippen LogP contribution is 2.55. The first-order valence-corrected chi connectivity index (χ1v) is 11.6. The zero-order valence-electron chi connectivity index (χ0n) is 19.1. The molecule has 8 nitrogen and oxygen atoms in total. The molecule has 2 fully saturated rings. The monoisotopic (exact) mass is 516 g/mol. The molecule has 4 aliphatic rings. The van der Waals surface area contributed by atoms with Gasteiger partial charge in [0.15, 0.2) is 0 Å². The van der Waals surface area contributed by atoms with E-state index >= 15 is 0 Å². The largest absolute Gasteiger partial charge is 0.492 e. The van der Waals surface area contributed by atoms with E-state index in [1.165, 1.54) is 0 Å². The van der Waals surface area contributed by atoms with Crippen molar-refractivity contribution in [1.82, 2.24) is 10.3 Å². The zero-order chi connectivity index (χ0) is 25.9. The van der Waals surface area contributed by atoms with Gasteiger partial charge >= 0.3 is 12.2 Å². The maximum atomic E-state index is 13.6. The van der Waals surface area contributed by atoms with Crippen LogP contribution in [0.25, 0.3) is 0 Å². The van der Waals surface area contributed by atoms with E-state index in [1.807, 2.05) is 12.2 Å². The van der Waals surface area contributed by atoms with Crippen LogP contribution in [0.2, 0.25) is 0 Å². The number of carbonyl (C=O) groups is 2. The van der Waals surface area contributed by atoms with Gasteiger partial charge in [-0.3, -0.25) is 4.79 Å². The number of hydrogen-bond acceptors (Lipinski definition) is 5. The Bertz CT molecular complexity index is 1370. The van der Waals surface area contributed by atoms with E-state index in [9.17, 15) is 27.2 Å². The Morgan fingerprint density at radius 3 is 2.84 bits per heavy atom.